The maximum atomic E-state index is 12.7. The van der Waals surface area contributed by atoms with Crippen LogP contribution in [0.3, 0.4) is 0 Å². The van der Waals surface area contributed by atoms with Gasteiger partial charge >= 0.3 is 0 Å². The van der Waals surface area contributed by atoms with Crippen molar-refractivity contribution >= 4 is 5.69 Å². The third-order valence-corrected chi connectivity index (χ3v) is 2.55. The molecule has 0 aliphatic carbocycles. The number of halogens is 1. The van der Waals surface area contributed by atoms with Gasteiger partial charge in [-0.15, -0.1) is 0 Å². The molecule has 88 valence electrons. The first-order valence-corrected chi connectivity index (χ1v) is 5.41. The summed E-state index contributed by atoms with van der Waals surface area (Å²) in [5, 5.41) is 3.21. The van der Waals surface area contributed by atoms with Crippen LogP contribution < -0.4 is 11.1 Å². The van der Waals surface area contributed by atoms with Crippen LogP contribution in [0.25, 0.3) is 0 Å². The predicted molar refractivity (Wildman–Crippen MR) is 65.9 cm³/mol. The minimum atomic E-state index is -0.234. The maximum absolute atomic E-state index is 12.7. The molecule has 0 spiro atoms. The summed E-state index contributed by atoms with van der Waals surface area (Å²) in [5.41, 5.74) is 8.62. The molecule has 4 heteroatoms. The lowest BCUT2D eigenvalue weighted by molar-refractivity contribution is 0.628. The summed E-state index contributed by atoms with van der Waals surface area (Å²) >= 11 is 0. The normalized spacial score (nSPS) is 10.2. The minimum absolute atomic E-state index is 0.234. The van der Waals surface area contributed by atoms with Gasteiger partial charge in [0, 0.05) is 31.2 Å². The van der Waals surface area contributed by atoms with Crippen LogP contribution in [0.2, 0.25) is 0 Å². The quantitative estimate of drug-likeness (QED) is 0.848. The van der Waals surface area contributed by atoms with E-state index in [-0.39, 0.29) is 5.82 Å². The zero-order valence-electron chi connectivity index (χ0n) is 9.36. The summed E-state index contributed by atoms with van der Waals surface area (Å²) in [6.07, 6.45) is 3.50. The van der Waals surface area contributed by atoms with E-state index in [2.05, 4.69) is 10.3 Å². The van der Waals surface area contributed by atoms with Gasteiger partial charge in [0.05, 0.1) is 0 Å². The Morgan fingerprint density at radius 2 is 1.88 bits per heavy atom. The van der Waals surface area contributed by atoms with Crippen LogP contribution in [-0.2, 0) is 13.1 Å². The molecule has 1 aromatic carbocycles. The van der Waals surface area contributed by atoms with Crippen LogP contribution in [-0.4, -0.2) is 4.98 Å². The first kappa shape index (κ1) is 11.5. The molecule has 0 bridgehead atoms. The Hall–Kier alpha value is -1.94. The van der Waals surface area contributed by atoms with Gasteiger partial charge in [-0.2, -0.15) is 0 Å². The van der Waals surface area contributed by atoms with Gasteiger partial charge in [0.25, 0.3) is 0 Å². The Balaban J connectivity index is 2.04. The number of nitrogens with one attached hydrogen (secondary N) is 1. The average molecular weight is 231 g/mol. The highest BCUT2D eigenvalue weighted by atomic mass is 19.1. The van der Waals surface area contributed by atoms with Gasteiger partial charge in [0.15, 0.2) is 0 Å². The number of anilines is 1. The Bertz CT molecular complexity index is 482. The number of hydrogen-bond acceptors (Lipinski definition) is 3. The maximum Gasteiger partial charge on any atom is 0.123 e. The SMILES string of the molecule is NCc1cnccc1CNc1ccc(F)cc1. The minimum Gasteiger partial charge on any atom is -0.381 e. The van der Waals surface area contributed by atoms with Gasteiger partial charge in [-0.1, -0.05) is 0 Å². The molecule has 0 amide bonds. The van der Waals surface area contributed by atoms with E-state index in [9.17, 15) is 4.39 Å². The number of nitrogens with zero attached hydrogens (tertiary/aromatic N) is 1. The monoisotopic (exact) mass is 231 g/mol. The molecule has 0 saturated carbocycles. The highest BCUT2D eigenvalue weighted by Gasteiger charge is 2.00. The molecule has 3 N–H and O–H groups in total. The summed E-state index contributed by atoms with van der Waals surface area (Å²) in [5.74, 6) is -0.234. The van der Waals surface area contributed by atoms with Crippen molar-refractivity contribution in [3.05, 3.63) is 59.7 Å². The standard InChI is InChI=1S/C13H14FN3/c14-12-1-3-13(4-2-12)17-9-10-5-6-16-8-11(10)7-15/h1-6,8,17H,7,9,15H2. The molecular weight excluding hydrogens is 217 g/mol. The van der Waals surface area contributed by atoms with E-state index in [1.54, 1.807) is 24.5 Å². The summed E-state index contributed by atoms with van der Waals surface area (Å²) in [4.78, 5) is 4.03. The summed E-state index contributed by atoms with van der Waals surface area (Å²) in [7, 11) is 0. The van der Waals surface area contributed by atoms with Crippen molar-refractivity contribution in [2.24, 2.45) is 5.73 Å². The van der Waals surface area contributed by atoms with Gasteiger partial charge in [-0.3, -0.25) is 4.98 Å². The molecule has 3 nitrogen and oxygen atoms in total. The van der Waals surface area contributed by atoms with E-state index in [0.717, 1.165) is 16.8 Å². The molecule has 1 heterocycles. The van der Waals surface area contributed by atoms with E-state index in [1.165, 1.54) is 12.1 Å². The first-order chi connectivity index (χ1) is 8.29. The largest absolute Gasteiger partial charge is 0.381 e. The molecule has 1 aromatic heterocycles. The molecule has 0 aliphatic rings. The number of rotatable bonds is 4. The van der Waals surface area contributed by atoms with Crippen LogP contribution in [0.15, 0.2) is 42.7 Å². The molecule has 0 radical (unpaired) electrons. The first-order valence-electron chi connectivity index (χ1n) is 5.41. The van der Waals surface area contributed by atoms with Crippen LogP contribution in [0.4, 0.5) is 10.1 Å². The molecular formula is C13H14FN3. The van der Waals surface area contributed by atoms with Crippen molar-refractivity contribution < 1.29 is 4.39 Å². The molecule has 0 aliphatic heterocycles. The average Bonchev–Trinajstić information content (AvgIpc) is 2.38. The Morgan fingerprint density at radius 1 is 1.12 bits per heavy atom. The van der Waals surface area contributed by atoms with E-state index >= 15 is 0 Å². The van der Waals surface area contributed by atoms with E-state index in [0.29, 0.717) is 13.1 Å². The van der Waals surface area contributed by atoms with Crippen molar-refractivity contribution in [3.8, 4) is 0 Å². The molecule has 17 heavy (non-hydrogen) atoms. The fourth-order valence-electron chi connectivity index (χ4n) is 1.58. The van der Waals surface area contributed by atoms with Crippen LogP contribution in [0.5, 0.6) is 0 Å². The van der Waals surface area contributed by atoms with Gasteiger partial charge in [-0.25, -0.2) is 4.39 Å². The topological polar surface area (TPSA) is 50.9 Å². The Labute approximate surface area is 99.5 Å². The lowest BCUT2D eigenvalue weighted by Crippen LogP contribution is -2.06. The number of benzene rings is 1. The van der Waals surface area contributed by atoms with Crippen LogP contribution in [0.1, 0.15) is 11.1 Å². The molecule has 0 unspecified atom stereocenters. The van der Waals surface area contributed by atoms with E-state index < -0.39 is 0 Å². The fourth-order valence-corrected chi connectivity index (χ4v) is 1.58. The van der Waals surface area contributed by atoms with Gasteiger partial charge in [0.2, 0.25) is 0 Å². The van der Waals surface area contributed by atoms with Gasteiger partial charge in [0.1, 0.15) is 5.82 Å². The predicted octanol–water partition coefficient (Wildman–Crippen LogP) is 2.29. The highest BCUT2D eigenvalue weighted by Crippen LogP contribution is 2.12. The lowest BCUT2D eigenvalue weighted by atomic mass is 10.1. The molecule has 0 fully saturated rings. The van der Waals surface area contributed by atoms with E-state index in [1.807, 2.05) is 6.07 Å². The van der Waals surface area contributed by atoms with Gasteiger partial charge < -0.3 is 11.1 Å². The highest BCUT2D eigenvalue weighted by molar-refractivity contribution is 5.44. The summed E-state index contributed by atoms with van der Waals surface area (Å²) in [6.45, 7) is 1.12. The zero-order valence-corrected chi connectivity index (χ0v) is 9.36. The van der Waals surface area contributed by atoms with Crippen LogP contribution >= 0.6 is 0 Å². The lowest BCUT2D eigenvalue weighted by Gasteiger charge is -2.09. The zero-order chi connectivity index (χ0) is 12.1. The molecule has 0 saturated heterocycles. The summed E-state index contributed by atoms with van der Waals surface area (Å²) < 4.78 is 12.7. The third-order valence-electron chi connectivity index (χ3n) is 2.55. The molecule has 0 atom stereocenters. The van der Waals surface area contributed by atoms with E-state index in [4.69, 9.17) is 5.73 Å². The second-order valence-electron chi connectivity index (χ2n) is 3.71. The van der Waals surface area contributed by atoms with Crippen molar-refractivity contribution in [1.82, 2.24) is 4.98 Å². The second kappa shape index (κ2) is 5.41. The third kappa shape index (κ3) is 3.01. The Kier molecular flexibility index (Phi) is 3.67. The number of nitrogens with two attached hydrogens (primary N) is 1. The molecule has 2 rings (SSSR count). The van der Waals surface area contributed by atoms with Crippen molar-refractivity contribution in [1.29, 1.82) is 0 Å². The van der Waals surface area contributed by atoms with Crippen LogP contribution in [0, 0.1) is 5.82 Å². The van der Waals surface area contributed by atoms with Crippen molar-refractivity contribution in [2.45, 2.75) is 13.1 Å². The number of pyridine rings is 1. The Morgan fingerprint density at radius 3 is 2.59 bits per heavy atom. The summed E-state index contributed by atoms with van der Waals surface area (Å²) in [6, 6.07) is 8.20. The second-order valence-corrected chi connectivity index (χ2v) is 3.71. The number of hydrogen-bond donors (Lipinski definition) is 2. The fraction of sp³-hybridized carbons (Fsp3) is 0.154. The van der Waals surface area contributed by atoms with Crippen molar-refractivity contribution in [3.63, 3.8) is 0 Å². The smallest absolute Gasteiger partial charge is 0.123 e. The number of aromatic nitrogens is 1. The van der Waals surface area contributed by atoms with Gasteiger partial charge in [-0.05, 0) is 41.5 Å². The molecule has 2 aromatic rings. The van der Waals surface area contributed by atoms with Crippen molar-refractivity contribution in [2.75, 3.05) is 5.32 Å².